The normalized spacial score (nSPS) is 15.0. The van der Waals surface area contributed by atoms with Crippen LogP contribution in [0, 0.1) is 6.92 Å². The van der Waals surface area contributed by atoms with Gasteiger partial charge in [-0.25, -0.2) is 0 Å². The van der Waals surface area contributed by atoms with Gasteiger partial charge in [0, 0.05) is 0 Å². The molecular weight excluding hydrogens is 330 g/mol. The number of aryl methyl sites for hydroxylation is 1. The minimum absolute atomic E-state index is 0.127. The van der Waals surface area contributed by atoms with Gasteiger partial charge in [-0.3, -0.25) is 4.79 Å². The molecule has 0 radical (unpaired) electrons. The van der Waals surface area contributed by atoms with Crippen molar-refractivity contribution < 1.29 is 19.0 Å². The first-order valence-electron chi connectivity index (χ1n) is 9.00. The summed E-state index contributed by atoms with van der Waals surface area (Å²) in [5.41, 5.74) is 1.98. The minimum atomic E-state index is -0.532. The monoisotopic (exact) mass is 355 g/mol. The second-order valence-electron chi connectivity index (χ2n) is 6.41. The van der Waals surface area contributed by atoms with Gasteiger partial charge in [-0.2, -0.15) is 0 Å². The quantitative estimate of drug-likeness (QED) is 0.856. The fraction of sp³-hybridized carbons (Fsp3) is 0.381. The first kappa shape index (κ1) is 18.1. The zero-order valence-corrected chi connectivity index (χ0v) is 15.5. The van der Waals surface area contributed by atoms with Gasteiger partial charge in [0.15, 0.2) is 17.6 Å². The number of carbonyl (C=O) groups is 1. The van der Waals surface area contributed by atoms with Crippen molar-refractivity contribution in [1.82, 2.24) is 5.32 Å². The van der Waals surface area contributed by atoms with Crippen LogP contribution in [0.5, 0.6) is 17.2 Å². The van der Waals surface area contributed by atoms with Gasteiger partial charge in [0.05, 0.1) is 6.04 Å². The number of hydrogen-bond acceptors (Lipinski definition) is 4. The van der Waals surface area contributed by atoms with Gasteiger partial charge >= 0.3 is 0 Å². The number of rotatable bonds is 6. The standard InChI is InChI=1S/C21H25NO4/c1-4-17(26-18-8-6-5-7-14(18)2)21(23)22-15(3)16-9-10-19-20(13-16)25-12-11-24-19/h5-10,13,15,17H,4,11-12H2,1-3H3,(H,22,23). The SMILES string of the molecule is CCC(Oc1ccccc1C)C(=O)NC(C)c1ccc2c(c1)OCCO2. The van der Waals surface area contributed by atoms with Crippen molar-refractivity contribution in [2.75, 3.05) is 13.2 Å². The summed E-state index contributed by atoms with van der Waals surface area (Å²) in [5.74, 6) is 2.07. The van der Waals surface area contributed by atoms with E-state index in [2.05, 4.69) is 5.32 Å². The molecule has 138 valence electrons. The maximum absolute atomic E-state index is 12.7. The summed E-state index contributed by atoms with van der Waals surface area (Å²) < 4.78 is 17.1. The number of benzene rings is 2. The number of hydrogen-bond donors (Lipinski definition) is 1. The first-order valence-corrected chi connectivity index (χ1v) is 9.00. The van der Waals surface area contributed by atoms with Gasteiger partial charge < -0.3 is 19.5 Å². The van der Waals surface area contributed by atoms with Crippen molar-refractivity contribution in [3.05, 3.63) is 53.6 Å². The molecule has 2 atom stereocenters. The van der Waals surface area contributed by atoms with E-state index in [-0.39, 0.29) is 11.9 Å². The van der Waals surface area contributed by atoms with Crippen LogP contribution in [0.3, 0.4) is 0 Å². The third-order valence-electron chi connectivity index (χ3n) is 4.45. The van der Waals surface area contributed by atoms with Crippen molar-refractivity contribution >= 4 is 5.91 Å². The van der Waals surface area contributed by atoms with Gasteiger partial charge in [0.2, 0.25) is 0 Å². The van der Waals surface area contributed by atoms with Crippen molar-refractivity contribution in [3.63, 3.8) is 0 Å². The molecule has 0 saturated heterocycles. The van der Waals surface area contributed by atoms with Crippen LogP contribution < -0.4 is 19.5 Å². The smallest absolute Gasteiger partial charge is 0.261 e. The molecule has 0 bridgehead atoms. The molecule has 0 spiro atoms. The molecule has 1 aliphatic heterocycles. The lowest BCUT2D eigenvalue weighted by Crippen LogP contribution is -2.39. The molecule has 1 N–H and O–H groups in total. The lowest BCUT2D eigenvalue weighted by atomic mass is 10.1. The van der Waals surface area contributed by atoms with Crippen LogP contribution in [0.15, 0.2) is 42.5 Å². The zero-order chi connectivity index (χ0) is 18.5. The van der Waals surface area contributed by atoms with Crippen LogP contribution in [0.4, 0.5) is 0 Å². The fourth-order valence-corrected chi connectivity index (χ4v) is 2.88. The zero-order valence-electron chi connectivity index (χ0n) is 15.5. The molecule has 1 amide bonds. The second kappa shape index (κ2) is 8.13. The highest BCUT2D eigenvalue weighted by Gasteiger charge is 2.22. The largest absolute Gasteiger partial charge is 0.486 e. The summed E-state index contributed by atoms with van der Waals surface area (Å²) in [6.45, 7) is 6.96. The van der Waals surface area contributed by atoms with Crippen LogP contribution in [-0.2, 0) is 4.79 Å². The summed E-state index contributed by atoms with van der Waals surface area (Å²) in [6.07, 6.45) is 0.0596. The van der Waals surface area contributed by atoms with E-state index in [1.54, 1.807) is 0 Å². The molecule has 0 fully saturated rings. The Kier molecular flexibility index (Phi) is 5.66. The van der Waals surface area contributed by atoms with Gasteiger partial charge in [-0.1, -0.05) is 31.2 Å². The molecule has 2 aromatic carbocycles. The lowest BCUT2D eigenvalue weighted by Gasteiger charge is -2.23. The predicted octanol–water partition coefficient (Wildman–Crippen LogP) is 3.80. The minimum Gasteiger partial charge on any atom is -0.486 e. The van der Waals surface area contributed by atoms with Crippen molar-refractivity contribution in [2.24, 2.45) is 0 Å². The molecule has 1 aliphatic rings. The number of fused-ring (bicyclic) bond motifs is 1. The van der Waals surface area contributed by atoms with E-state index in [9.17, 15) is 4.79 Å². The van der Waals surface area contributed by atoms with Crippen LogP contribution in [0.1, 0.15) is 37.4 Å². The molecule has 1 heterocycles. The Morgan fingerprint density at radius 3 is 2.62 bits per heavy atom. The van der Waals surface area contributed by atoms with Crippen LogP contribution in [0.25, 0.3) is 0 Å². The molecule has 26 heavy (non-hydrogen) atoms. The van der Waals surface area contributed by atoms with Gasteiger partial charge in [-0.05, 0) is 49.6 Å². The van der Waals surface area contributed by atoms with E-state index in [0.29, 0.717) is 19.6 Å². The number of ether oxygens (including phenoxy) is 3. The highest BCUT2D eigenvalue weighted by molar-refractivity contribution is 5.81. The summed E-state index contributed by atoms with van der Waals surface area (Å²) >= 11 is 0. The molecular formula is C21H25NO4. The summed E-state index contributed by atoms with van der Waals surface area (Å²) in [4.78, 5) is 12.7. The Bertz CT molecular complexity index is 774. The first-order chi connectivity index (χ1) is 12.6. The van der Waals surface area contributed by atoms with E-state index in [0.717, 1.165) is 28.4 Å². The van der Waals surface area contributed by atoms with E-state index in [4.69, 9.17) is 14.2 Å². The number of amides is 1. The Morgan fingerprint density at radius 2 is 1.88 bits per heavy atom. The van der Waals surface area contributed by atoms with Crippen molar-refractivity contribution in [3.8, 4) is 17.2 Å². The number of carbonyl (C=O) groups excluding carboxylic acids is 1. The average molecular weight is 355 g/mol. The van der Waals surface area contributed by atoms with Gasteiger partial charge in [0.25, 0.3) is 5.91 Å². The van der Waals surface area contributed by atoms with Crippen LogP contribution in [-0.4, -0.2) is 25.2 Å². The average Bonchev–Trinajstić information content (AvgIpc) is 2.66. The van der Waals surface area contributed by atoms with E-state index < -0.39 is 6.10 Å². The molecule has 3 rings (SSSR count). The lowest BCUT2D eigenvalue weighted by molar-refractivity contribution is -0.128. The van der Waals surface area contributed by atoms with E-state index in [1.165, 1.54) is 0 Å². The predicted molar refractivity (Wildman–Crippen MR) is 99.9 cm³/mol. The van der Waals surface area contributed by atoms with Crippen molar-refractivity contribution in [2.45, 2.75) is 39.3 Å². The highest BCUT2D eigenvalue weighted by atomic mass is 16.6. The molecule has 0 aromatic heterocycles. The molecule has 2 unspecified atom stereocenters. The van der Waals surface area contributed by atoms with Crippen molar-refractivity contribution in [1.29, 1.82) is 0 Å². The molecule has 2 aromatic rings. The number of nitrogens with one attached hydrogen (secondary N) is 1. The summed E-state index contributed by atoms with van der Waals surface area (Å²) in [5, 5.41) is 3.03. The highest BCUT2D eigenvalue weighted by Crippen LogP contribution is 2.32. The maximum atomic E-state index is 12.7. The van der Waals surface area contributed by atoms with E-state index in [1.807, 2.05) is 63.2 Å². The Morgan fingerprint density at radius 1 is 1.15 bits per heavy atom. The van der Waals surface area contributed by atoms with Gasteiger partial charge in [-0.15, -0.1) is 0 Å². The second-order valence-corrected chi connectivity index (χ2v) is 6.41. The maximum Gasteiger partial charge on any atom is 0.261 e. The third-order valence-corrected chi connectivity index (χ3v) is 4.45. The third kappa shape index (κ3) is 4.10. The number of para-hydroxylation sites is 1. The van der Waals surface area contributed by atoms with Crippen LogP contribution in [0.2, 0.25) is 0 Å². The molecule has 5 nitrogen and oxygen atoms in total. The summed E-state index contributed by atoms with van der Waals surface area (Å²) in [6, 6.07) is 13.3. The molecule has 5 heteroatoms. The summed E-state index contributed by atoms with van der Waals surface area (Å²) in [7, 11) is 0. The Labute approximate surface area is 154 Å². The fourth-order valence-electron chi connectivity index (χ4n) is 2.88. The Balaban J connectivity index is 1.66. The molecule has 0 aliphatic carbocycles. The Hall–Kier alpha value is -2.69. The topological polar surface area (TPSA) is 56.8 Å². The molecule has 0 saturated carbocycles. The van der Waals surface area contributed by atoms with Gasteiger partial charge in [0.1, 0.15) is 19.0 Å². The van der Waals surface area contributed by atoms with E-state index >= 15 is 0 Å². The van der Waals surface area contributed by atoms with Crippen LogP contribution >= 0.6 is 0 Å².